The van der Waals surface area contributed by atoms with E-state index in [1.807, 2.05) is 4.90 Å². The number of anilines is 1. The summed E-state index contributed by atoms with van der Waals surface area (Å²) in [6.45, 7) is 4.29. The highest BCUT2D eigenvalue weighted by Crippen LogP contribution is 2.20. The first-order valence-corrected chi connectivity index (χ1v) is 10.5. The molecule has 2 saturated heterocycles. The Kier molecular flexibility index (Phi) is 6.19. The average Bonchev–Trinajstić information content (AvgIpc) is 3.41. The van der Waals surface area contributed by atoms with E-state index in [1.54, 1.807) is 41.5 Å². The minimum atomic E-state index is -0.293. The first-order valence-electron chi connectivity index (χ1n) is 10.5. The van der Waals surface area contributed by atoms with E-state index in [2.05, 4.69) is 20.3 Å². The van der Waals surface area contributed by atoms with Crippen LogP contribution >= 0.6 is 0 Å². The van der Waals surface area contributed by atoms with Crippen LogP contribution in [-0.2, 0) is 11.3 Å². The zero-order chi connectivity index (χ0) is 20.1. The molecule has 2 aromatic rings. The van der Waals surface area contributed by atoms with Crippen LogP contribution < -0.4 is 5.32 Å². The third-order valence-corrected chi connectivity index (χ3v) is 5.70. The third-order valence-electron chi connectivity index (χ3n) is 5.70. The largest absolute Gasteiger partial charge is 0.337 e. The number of rotatable bonds is 6. The lowest BCUT2D eigenvalue weighted by Crippen LogP contribution is -2.50. The van der Waals surface area contributed by atoms with Crippen molar-refractivity contribution in [3.8, 4) is 0 Å². The second kappa shape index (κ2) is 9.17. The average molecular weight is 396 g/mol. The summed E-state index contributed by atoms with van der Waals surface area (Å²) >= 11 is 0. The molecule has 0 aliphatic carbocycles. The van der Waals surface area contributed by atoms with Crippen molar-refractivity contribution < 1.29 is 9.59 Å². The Labute approximate surface area is 170 Å². The van der Waals surface area contributed by atoms with Crippen molar-refractivity contribution in [3.63, 3.8) is 0 Å². The highest BCUT2D eigenvalue weighted by molar-refractivity contribution is 6.02. The van der Waals surface area contributed by atoms with Crippen molar-refractivity contribution in [3.05, 3.63) is 42.5 Å². The maximum atomic E-state index is 13.0. The summed E-state index contributed by atoms with van der Waals surface area (Å²) in [6, 6.07) is 5.48. The molecule has 0 spiro atoms. The summed E-state index contributed by atoms with van der Waals surface area (Å²) in [7, 11) is 0. The van der Waals surface area contributed by atoms with Crippen LogP contribution in [0.4, 0.5) is 5.69 Å². The molecule has 0 bridgehead atoms. The van der Waals surface area contributed by atoms with E-state index >= 15 is 0 Å². The molecule has 2 aromatic heterocycles. The standard InChI is InChI=1S/C21H28N6O2/c28-20(27-12-4-2-7-18(27)15-25-10-5-6-11-25)16-26-14-17(13-23-26)24-21(29)19-8-1-3-9-22-19/h1,3,8-9,13-14,18H,2,4-7,10-12,15-16H2,(H,24,29). The number of carbonyl (C=O) groups is 2. The van der Waals surface area contributed by atoms with E-state index in [0.717, 1.165) is 39.0 Å². The molecule has 0 saturated carbocycles. The predicted molar refractivity (Wildman–Crippen MR) is 109 cm³/mol. The van der Waals surface area contributed by atoms with Gasteiger partial charge in [0.05, 0.1) is 11.9 Å². The van der Waals surface area contributed by atoms with Crippen LogP contribution in [0.2, 0.25) is 0 Å². The Bertz CT molecular complexity index is 831. The van der Waals surface area contributed by atoms with Gasteiger partial charge in [-0.15, -0.1) is 0 Å². The molecule has 1 atom stereocenters. The smallest absolute Gasteiger partial charge is 0.274 e. The maximum Gasteiger partial charge on any atom is 0.274 e. The van der Waals surface area contributed by atoms with E-state index in [4.69, 9.17) is 0 Å². The van der Waals surface area contributed by atoms with Gasteiger partial charge in [0.15, 0.2) is 0 Å². The van der Waals surface area contributed by atoms with Crippen LogP contribution in [0.25, 0.3) is 0 Å². The fraction of sp³-hybridized carbons (Fsp3) is 0.524. The third kappa shape index (κ3) is 5.00. The number of hydrogen-bond donors (Lipinski definition) is 1. The molecular formula is C21H28N6O2. The molecule has 4 heterocycles. The van der Waals surface area contributed by atoms with Gasteiger partial charge < -0.3 is 15.1 Å². The summed E-state index contributed by atoms with van der Waals surface area (Å²) in [6.07, 6.45) is 10.7. The molecule has 2 aliphatic rings. The van der Waals surface area contributed by atoms with Gasteiger partial charge in [-0.3, -0.25) is 19.3 Å². The van der Waals surface area contributed by atoms with Gasteiger partial charge in [-0.1, -0.05) is 6.07 Å². The monoisotopic (exact) mass is 396 g/mol. The zero-order valence-corrected chi connectivity index (χ0v) is 16.7. The first-order chi connectivity index (χ1) is 14.2. The van der Waals surface area contributed by atoms with Crippen molar-refractivity contribution in [2.75, 3.05) is 31.5 Å². The summed E-state index contributed by atoms with van der Waals surface area (Å²) in [5.41, 5.74) is 0.898. The predicted octanol–water partition coefficient (Wildman–Crippen LogP) is 2.01. The van der Waals surface area contributed by atoms with Crippen molar-refractivity contribution in [2.45, 2.75) is 44.7 Å². The van der Waals surface area contributed by atoms with Crippen LogP contribution in [0.5, 0.6) is 0 Å². The first kappa shape index (κ1) is 19.6. The van der Waals surface area contributed by atoms with Crippen LogP contribution in [0.15, 0.2) is 36.8 Å². The molecule has 0 radical (unpaired) electrons. The molecule has 8 nitrogen and oxygen atoms in total. The number of likely N-dealkylation sites (tertiary alicyclic amines) is 2. The molecule has 154 valence electrons. The lowest BCUT2D eigenvalue weighted by molar-refractivity contribution is -0.136. The minimum absolute atomic E-state index is 0.0969. The number of pyridine rings is 1. The fourth-order valence-electron chi connectivity index (χ4n) is 4.22. The number of nitrogens with zero attached hydrogens (tertiary/aromatic N) is 5. The Morgan fingerprint density at radius 2 is 1.93 bits per heavy atom. The molecule has 2 aliphatic heterocycles. The Hall–Kier alpha value is -2.74. The quantitative estimate of drug-likeness (QED) is 0.808. The van der Waals surface area contributed by atoms with Crippen LogP contribution in [-0.4, -0.2) is 68.6 Å². The van der Waals surface area contributed by atoms with E-state index in [1.165, 1.54) is 19.3 Å². The van der Waals surface area contributed by atoms with Gasteiger partial charge in [0, 0.05) is 31.5 Å². The molecule has 0 aromatic carbocycles. The highest BCUT2D eigenvalue weighted by Gasteiger charge is 2.29. The van der Waals surface area contributed by atoms with Crippen molar-refractivity contribution >= 4 is 17.5 Å². The second-order valence-electron chi connectivity index (χ2n) is 7.84. The maximum absolute atomic E-state index is 13.0. The molecule has 4 rings (SSSR count). The topological polar surface area (TPSA) is 83.4 Å². The zero-order valence-electron chi connectivity index (χ0n) is 16.7. The lowest BCUT2D eigenvalue weighted by Gasteiger charge is -2.38. The molecular weight excluding hydrogens is 368 g/mol. The van der Waals surface area contributed by atoms with Gasteiger partial charge in [-0.05, 0) is 57.3 Å². The summed E-state index contributed by atoms with van der Waals surface area (Å²) < 4.78 is 1.60. The van der Waals surface area contributed by atoms with Gasteiger partial charge in [-0.25, -0.2) is 0 Å². The minimum Gasteiger partial charge on any atom is -0.337 e. The fourth-order valence-corrected chi connectivity index (χ4v) is 4.22. The molecule has 1 unspecified atom stereocenters. The van der Waals surface area contributed by atoms with E-state index < -0.39 is 0 Å². The van der Waals surface area contributed by atoms with Crippen molar-refractivity contribution in [1.82, 2.24) is 24.6 Å². The number of hydrogen-bond acceptors (Lipinski definition) is 5. The summed E-state index contributed by atoms with van der Waals surface area (Å²) in [5.74, 6) is -0.196. The molecule has 2 fully saturated rings. The van der Waals surface area contributed by atoms with Gasteiger partial charge >= 0.3 is 0 Å². The normalized spacial score (nSPS) is 20.0. The molecule has 29 heavy (non-hydrogen) atoms. The lowest BCUT2D eigenvalue weighted by atomic mass is 10.0. The number of carbonyl (C=O) groups excluding carboxylic acids is 2. The Morgan fingerprint density at radius 1 is 1.10 bits per heavy atom. The van der Waals surface area contributed by atoms with Crippen molar-refractivity contribution in [1.29, 1.82) is 0 Å². The van der Waals surface area contributed by atoms with Gasteiger partial charge in [-0.2, -0.15) is 5.10 Å². The Balaban J connectivity index is 1.34. The van der Waals surface area contributed by atoms with Gasteiger partial charge in [0.2, 0.25) is 5.91 Å². The van der Waals surface area contributed by atoms with E-state index in [9.17, 15) is 9.59 Å². The van der Waals surface area contributed by atoms with Gasteiger partial charge in [0.25, 0.3) is 5.91 Å². The molecule has 2 amide bonds. The summed E-state index contributed by atoms with van der Waals surface area (Å²) in [5, 5.41) is 7.02. The molecule has 1 N–H and O–H groups in total. The summed E-state index contributed by atoms with van der Waals surface area (Å²) in [4.78, 5) is 33.7. The van der Waals surface area contributed by atoms with Crippen LogP contribution in [0, 0.1) is 0 Å². The molecule has 8 heteroatoms. The SMILES string of the molecule is O=C(Nc1cnn(CC(=O)N2CCCCC2CN2CCCC2)c1)c1ccccn1. The Morgan fingerprint density at radius 3 is 2.72 bits per heavy atom. The number of piperidine rings is 1. The van der Waals surface area contributed by atoms with Crippen molar-refractivity contribution in [2.24, 2.45) is 0 Å². The van der Waals surface area contributed by atoms with Crippen LogP contribution in [0.3, 0.4) is 0 Å². The number of aromatic nitrogens is 3. The highest BCUT2D eigenvalue weighted by atomic mass is 16.2. The number of amides is 2. The van der Waals surface area contributed by atoms with E-state index in [-0.39, 0.29) is 18.4 Å². The van der Waals surface area contributed by atoms with E-state index in [0.29, 0.717) is 17.4 Å². The van der Waals surface area contributed by atoms with Gasteiger partial charge in [0.1, 0.15) is 12.2 Å². The van der Waals surface area contributed by atoms with Crippen LogP contribution in [0.1, 0.15) is 42.6 Å². The second-order valence-corrected chi connectivity index (χ2v) is 7.84. The number of nitrogens with one attached hydrogen (secondary N) is 1.